The Morgan fingerprint density at radius 2 is 1.77 bits per heavy atom. The van der Waals surface area contributed by atoms with Crippen molar-refractivity contribution in [3.05, 3.63) is 47.0 Å². The zero-order valence-electron chi connectivity index (χ0n) is 15.2. The van der Waals surface area contributed by atoms with Crippen LogP contribution in [-0.2, 0) is 0 Å². The molecule has 2 aliphatic carbocycles. The predicted octanol–water partition coefficient (Wildman–Crippen LogP) is 4.83. The molecule has 1 aromatic carbocycles. The Bertz CT molecular complexity index is 857. The molecule has 0 heterocycles. The quantitative estimate of drug-likeness (QED) is 0.780. The van der Waals surface area contributed by atoms with E-state index >= 15 is 0 Å². The van der Waals surface area contributed by atoms with Gasteiger partial charge in [0.25, 0.3) is 0 Å². The summed E-state index contributed by atoms with van der Waals surface area (Å²) in [6.45, 7) is 4.25. The number of hydrogen-bond acceptors (Lipinski definition) is 4. The van der Waals surface area contributed by atoms with Gasteiger partial charge in [-0.1, -0.05) is 44.2 Å². The molecule has 3 rings (SSSR count). The van der Waals surface area contributed by atoms with Gasteiger partial charge in [0.15, 0.2) is 5.41 Å². The lowest BCUT2D eigenvalue weighted by molar-refractivity contribution is 0.320. The van der Waals surface area contributed by atoms with Crippen LogP contribution >= 0.6 is 0 Å². The Morgan fingerprint density at radius 1 is 1.12 bits per heavy atom. The van der Waals surface area contributed by atoms with Crippen molar-refractivity contribution in [2.75, 3.05) is 0 Å². The van der Waals surface area contributed by atoms with Gasteiger partial charge in [0.2, 0.25) is 0 Å². The van der Waals surface area contributed by atoms with Crippen LogP contribution in [0.15, 0.2) is 35.9 Å². The van der Waals surface area contributed by atoms with Gasteiger partial charge in [-0.15, -0.1) is 0 Å². The number of nitriles is 3. The van der Waals surface area contributed by atoms with Crippen LogP contribution in [0.1, 0.15) is 56.1 Å². The number of nitrogens with one attached hydrogen (secondary N) is 1. The Balaban J connectivity index is 2.19. The molecule has 4 heteroatoms. The van der Waals surface area contributed by atoms with E-state index in [0.717, 1.165) is 30.4 Å². The third-order valence-electron chi connectivity index (χ3n) is 5.89. The standard InChI is InChI=1S/C22H22N4/c1-14(2)15-7-9-16(10-8-15)20-18-6-4-3-5-17(18)19(11-23)21(26)22(20,12-24)13-25/h5,7-10,14,18-20,26H,3-4,6H2,1-2H3/t18-,19+,20+/m0/s1. The first-order valence-corrected chi connectivity index (χ1v) is 9.11. The van der Waals surface area contributed by atoms with Crippen LogP contribution in [0.2, 0.25) is 0 Å². The lowest BCUT2D eigenvalue weighted by Gasteiger charge is -2.45. The van der Waals surface area contributed by atoms with E-state index in [1.54, 1.807) is 0 Å². The summed E-state index contributed by atoms with van der Waals surface area (Å²) in [5.74, 6) is -0.793. The van der Waals surface area contributed by atoms with Gasteiger partial charge >= 0.3 is 0 Å². The molecule has 0 saturated heterocycles. The maximum atomic E-state index is 9.95. The smallest absolute Gasteiger partial charge is 0.189 e. The van der Waals surface area contributed by atoms with E-state index in [9.17, 15) is 15.8 Å². The monoisotopic (exact) mass is 342 g/mol. The minimum absolute atomic E-state index is 0.0355. The van der Waals surface area contributed by atoms with Gasteiger partial charge in [-0.25, -0.2) is 0 Å². The number of benzene rings is 1. The first-order valence-electron chi connectivity index (χ1n) is 9.11. The van der Waals surface area contributed by atoms with Crippen molar-refractivity contribution in [2.45, 2.75) is 44.9 Å². The van der Waals surface area contributed by atoms with Crippen molar-refractivity contribution in [2.24, 2.45) is 17.3 Å². The van der Waals surface area contributed by atoms with E-state index in [1.807, 2.05) is 24.3 Å². The second-order valence-electron chi connectivity index (χ2n) is 7.55. The summed E-state index contributed by atoms with van der Waals surface area (Å²) in [6, 6.07) is 14.5. The van der Waals surface area contributed by atoms with Crippen molar-refractivity contribution < 1.29 is 0 Å². The molecule has 0 aromatic heterocycles. The molecular formula is C22H22N4. The van der Waals surface area contributed by atoms with Gasteiger partial charge < -0.3 is 5.41 Å². The van der Waals surface area contributed by atoms with Crippen molar-refractivity contribution in [1.82, 2.24) is 0 Å². The van der Waals surface area contributed by atoms with E-state index < -0.39 is 17.3 Å². The fraction of sp³-hybridized carbons (Fsp3) is 0.455. The van der Waals surface area contributed by atoms with E-state index in [1.165, 1.54) is 5.56 Å². The molecule has 1 saturated carbocycles. The largest absolute Gasteiger partial charge is 0.305 e. The molecule has 0 radical (unpaired) electrons. The van der Waals surface area contributed by atoms with Gasteiger partial charge in [-0.2, -0.15) is 15.8 Å². The van der Waals surface area contributed by atoms with Gasteiger partial charge in [-0.05, 0) is 47.8 Å². The van der Waals surface area contributed by atoms with Crippen LogP contribution in [0, 0.1) is 56.7 Å². The first kappa shape index (κ1) is 17.9. The molecule has 3 atom stereocenters. The van der Waals surface area contributed by atoms with Crippen molar-refractivity contribution in [1.29, 1.82) is 21.2 Å². The van der Waals surface area contributed by atoms with E-state index in [2.05, 4.69) is 38.1 Å². The van der Waals surface area contributed by atoms with Crippen LogP contribution in [-0.4, -0.2) is 5.71 Å². The summed E-state index contributed by atoms with van der Waals surface area (Å²) in [7, 11) is 0. The van der Waals surface area contributed by atoms with Gasteiger partial charge in [0, 0.05) is 5.92 Å². The zero-order valence-corrected chi connectivity index (χ0v) is 15.2. The van der Waals surface area contributed by atoms with E-state index in [0.29, 0.717) is 5.92 Å². The summed E-state index contributed by atoms with van der Waals surface area (Å²) in [4.78, 5) is 0. The topological polar surface area (TPSA) is 95.2 Å². The van der Waals surface area contributed by atoms with E-state index in [-0.39, 0.29) is 11.6 Å². The molecule has 2 aliphatic rings. The first-order chi connectivity index (χ1) is 12.5. The molecule has 0 spiro atoms. The highest BCUT2D eigenvalue weighted by Crippen LogP contribution is 2.55. The fourth-order valence-electron chi connectivity index (χ4n) is 4.47. The SMILES string of the molecule is CC(C)c1ccc([C@@H]2[C@H]3CCCC=C3[C@@H](C#N)C(=N)C2(C#N)C#N)cc1. The highest BCUT2D eigenvalue weighted by atomic mass is 14.6. The molecule has 4 nitrogen and oxygen atoms in total. The number of rotatable bonds is 2. The Hall–Kier alpha value is -2.90. The van der Waals surface area contributed by atoms with Crippen molar-refractivity contribution >= 4 is 5.71 Å². The van der Waals surface area contributed by atoms with Crippen LogP contribution in [0.25, 0.3) is 0 Å². The normalized spacial score (nSPS) is 26.8. The van der Waals surface area contributed by atoms with Crippen LogP contribution in [0.5, 0.6) is 0 Å². The molecule has 1 aromatic rings. The van der Waals surface area contributed by atoms with Gasteiger partial charge in [0.05, 0.1) is 23.9 Å². The molecule has 0 amide bonds. The molecule has 0 unspecified atom stereocenters. The summed E-state index contributed by atoms with van der Waals surface area (Å²) in [6.07, 6.45) is 4.78. The maximum Gasteiger partial charge on any atom is 0.189 e. The molecule has 0 aliphatic heterocycles. The Kier molecular flexibility index (Phi) is 4.67. The lowest BCUT2D eigenvalue weighted by Crippen LogP contribution is -2.48. The van der Waals surface area contributed by atoms with Crippen LogP contribution in [0.3, 0.4) is 0 Å². The summed E-state index contributed by atoms with van der Waals surface area (Å²) >= 11 is 0. The predicted molar refractivity (Wildman–Crippen MR) is 99.2 cm³/mol. The zero-order chi connectivity index (χ0) is 18.9. The highest BCUT2D eigenvalue weighted by molar-refractivity contribution is 6.00. The molecule has 26 heavy (non-hydrogen) atoms. The Labute approximate surface area is 154 Å². The minimum Gasteiger partial charge on any atom is -0.305 e. The average Bonchev–Trinajstić information content (AvgIpc) is 2.67. The molecular weight excluding hydrogens is 320 g/mol. The summed E-state index contributed by atoms with van der Waals surface area (Å²) < 4.78 is 0. The minimum atomic E-state index is -1.58. The van der Waals surface area contributed by atoms with Crippen LogP contribution in [0.4, 0.5) is 0 Å². The summed E-state index contributed by atoms with van der Waals surface area (Å²) in [5.41, 5.74) is 1.40. The van der Waals surface area contributed by atoms with Crippen LogP contribution < -0.4 is 0 Å². The molecule has 1 fully saturated rings. The van der Waals surface area contributed by atoms with Crippen molar-refractivity contribution in [3.8, 4) is 18.2 Å². The van der Waals surface area contributed by atoms with Gasteiger partial charge in [0.1, 0.15) is 5.92 Å². The maximum absolute atomic E-state index is 9.95. The lowest BCUT2D eigenvalue weighted by atomic mass is 9.53. The highest BCUT2D eigenvalue weighted by Gasteiger charge is 2.57. The molecule has 130 valence electrons. The number of hydrogen-bond donors (Lipinski definition) is 1. The third-order valence-corrected chi connectivity index (χ3v) is 5.89. The van der Waals surface area contributed by atoms with Gasteiger partial charge in [-0.3, -0.25) is 0 Å². The Morgan fingerprint density at radius 3 is 2.31 bits per heavy atom. The second kappa shape index (κ2) is 6.78. The van der Waals surface area contributed by atoms with E-state index in [4.69, 9.17) is 5.41 Å². The number of allylic oxidation sites excluding steroid dienone is 2. The average molecular weight is 342 g/mol. The summed E-state index contributed by atoms with van der Waals surface area (Å²) in [5, 5.41) is 38.1. The number of nitrogens with zero attached hydrogens (tertiary/aromatic N) is 3. The van der Waals surface area contributed by atoms with Crippen molar-refractivity contribution in [3.63, 3.8) is 0 Å². The number of fused-ring (bicyclic) bond motifs is 1. The second-order valence-corrected chi connectivity index (χ2v) is 7.55. The molecule has 0 bridgehead atoms. The molecule has 1 N–H and O–H groups in total. The third kappa shape index (κ3) is 2.53. The fourth-order valence-corrected chi connectivity index (χ4v) is 4.47.